The first-order valence-corrected chi connectivity index (χ1v) is 15.4. The molecule has 2 saturated heterocycles. The summed E-state index contributed by atoms with van der Waals surface area (Å²) in [5.41, 5.74) is 2.31. The molecular weight excluding hydrogens is 681 g/mol. The first-order valence-electron chi connectivity index (χ1n) is 15.4. The highest BCUT2D eigenvalue weighted by molar-refractivity contribution is 5.99. The largest absolute Gasteiger partial charge is 0.383 e. The summed E-state index contributed by atoms with van der Waals surface area (Å²) in [6.07, 6.45) is 1.72. The topological polar surface area (TPSA) is 156 Å². The number of carbonyl (C=O) groups is 4. The molecule has 5 atom stereocenters. The van der Waals surface area contributed by atoms with Crippen LogP contribution in [0.2, 0.25) is 0 Å². The Kier molecular flexibility index (Phi) is 16.0. The molecular formula is C33H44Cl3N7O5. The molecule has 0 saturated carbocycles. The fourth-order valence-electron chi connectivity index (χ4n) is 6.05. The van der Waals surface area contributed by atoms with Crippen molar-refractivity contribution in [2.75, 3.05) is 39.0 Å². The molecule has 1 aromatic heterocycles. The molecule has 2 aliphatic rings. The van der Waals surface area contributed by atoms with E-state index in [-0.39, 0.29) is 81.0 Å². The number of rotatable bonds is 11. The van der Waals surface area contributed by atoms with Crippen LogP contribution in [0.15, 0.2) is 66.9 Å². The molecule has 0 radical (unpaired) electrons. The number of nitrogens with zero attached hydrogens (tertiary/aromatic N) is 3. The molecule has 0 unspecified atom stereocenters. The van der Waals surface area contributed by atoms with Gasteiger partial charge in [-0.25, -0.2) is 0 Å². The second-order valence-electron chi connectivity index (χ2n) is 11.8. The monoisotopic (exact) mass is 723 g/mol. The number of aliphatic hydroxyl groups is 1. The number of aryl methyl sites for hydroxylation is 1. The molecule has 0 bridgehead atoms. The molecule has 48 heavy (non-hydrogen) atoms. The van der Waals surface area contributed by atoms with Crippen LogP contribution in [-0.2, 0) is 25.6 Å². The fraction of sp³-hybridized carbons (Fsp3) is 0.424. The van der Waals surface area contributed by atoms with Gasteiger partial charge in [-0.15, -0.1) is 37.2 Å². The first kappa shape index (κ1) is 40.7. The second kappa shape index (κ2) is 18.9. The van der Waals surface area contributed by atoms with E-state index in [2.05, 4.69) is 26.3 Å². The predicted octanol–water partition coefficient (Wildman–Crippen LogP) is 1.93. The van der Waals surface area contributed by atoms with E-state index >= 15 is 0 Å². The number of halogens is 3. The summed E-state index contributed by atoms with van der Waals surface area (Å²) in [6.45, 7) is 0.757. The van der Waals surface area contributed by atoms with Crippen molar-refractivity contribution in [2.24, 2.45) is 0 Å². The van der Waals surface area contributed by atoms with Crippen molar-refractivity contribution < 1.29 is 24.3 Å². The van der Waals surface area contributed by atoms with Crippen molar-refractivity contribution in [3.05, 3.63) is 72.4 Å². The third kappa shape index (κ3) is 10.0. The summed E-state index contributed by atoms with van der Waals surface area (Å²) in [6, 6.07) is 16.8. The average Bonchev–Trinajstić information content (AvgIpc) is 3.72. The van der Waals surface area contributed by atoms with Crippen LogP contribution in [0.25, 0.3) is 10.9 Å². The lowest BCUT2D eigenvalue weighted by Crippen LogP contribution is -2.50. The fourth-order valence-corrected chi connectivity index (χ4v) is 6.05. The van der Waals surface area contributed by atoms with E-state index in [1.165, 1.54) is 4.90 Å². The van der Waals surface area contributed by atoms with Gasteiger partial charge in [0.25, 0.3) is 0 Å². The number of aliphatic hydroxyl groups excluding tert-OH is 1. The molecule has 5 N–H and O–H groups in total. The van der Waals surface area contributed by atoms with E-state index in [0.717, 1.165) is 16.5 Å². The summed E-state index contributed by atoms with van der Waals surface area (Å²) in [5, 5.41) is 23.3. The highest BCUT2D eigenvalue weighted by Gasteiger charge is 2.44. The number of nitrogens with one attached hydrogen (secondary N) is 4. The van der Waals surface area contributed by atoms with Crippen LogP contribution in [0.3, 0.4) is 0 Å². The Balaban J connectivity index is 0.00000267. The van der Waals surface area contributed by atoms with E-state index in [0.29, 0.717) is 25.1 Å². The van der Waals surface area contributed by atoms with Gasteiger partial charge in [0.1, 0.15) is 12.1 Å². The van der Waals surface area contributed by atoms with Crippen molar-refractivity contribution in [3.8, 4) is 0 Å². The Morgan fingerprint density at radius 1 is 1.04 bits per heavy atom. The highest BCUT2D eigenvalue weighted by atomic mass is 35.5. The zero-order valence-corrected chi connectivity index (χ0v) is 29.3. The summed E-state index contributed by atoms with van der Waals surface area (Å²) < 4.78 is 0. The standard InChI is InChI=1S/C33H41N7O5.3ClH/c1-34-19-30(42)39(2)25-16-27(36-18-25)33(45)40-20-24(38-32(44)29(41)13-12-21-8-4-3-5-9-21)15-28(40)31(43)37-23-14-22-10-6-7-11-26(22)35-17-23;;;/h3-11,14,17,24-25,27-29,34,36,41H,12-13,15-16,18-20H2,1-2H3,(H,37,43)(H,38,44);3*1H/t24-,25-,27+,28+,29-;;;/m1.../s1. The van der Waals surface area contributed by atoms with E-state index in [4.69, 9.17) is 0 Å². The van der Waals surface area contributed by atoms with Crippen molar-refractivity contribution in [1.82, 2.24) is 30.7 Å². The van der Waals surface area contributed by atoms with Crippen molar-refractivity contribution >= 4 is 77.4 Å². The number of para-hydroxylation sites is 1. The Hall–Kier alpha value is -3.52. The molecule has 2 aromatic carbocycles. The maximum Gasteiger partial charge on any atom is 0.249 e. The Morgan fingerprint density at radius 2 is 1.75 bits per heavy atom. The minimum atomic E-state index is -1.23. The molecule has 262 valence electrons. The molecule has 0 aliphatic carbocycles. The molecule has 2 aliphatic heterocycles. The third-order valence-corrected chi connectivity index (χ3v) is 8.62. The lowest BCUT2D eigenvalue weighted by Gasteiger charge is -2.27. The Labute approximate surface area is 299 Å². The van der Waals surface area contributed by atoms with Crippen LogP contribution in [0.5, 0.6) is 0 Å². The van der Waals surface area contributed by atoms with Crippen LogP contribution in [-0.4, -0.2) is 108 Å². The maximum absolute atomic E-state index is 13.9. The first-order chi connectivity index (χ1) is 21.7. The van der Waals surface area contributed by atoms with Crippen molar-refractivity contribution in [2.45, 2.75) is 56.0 Å². The zero-order chi connectivity index (χ0) is 31.9. The minimum Gasteiger partial charge on any atom is -0.383 e. The molecule has 2 fully saturated rings. The highest BCUT2D eigenvalue weighted by Crippen LogP contribution is 2.25. The van der Waals surface area contributed by atoms with Gasteiger partial charge in [0.2, 0.25) is 23.6 Å². The molecule has 3 heterocycles. The average molecular weight is 725 g/mol. The smallest absolute Gasteiger partial charge is 0.249 e. The van der Waals surface area contributed by atoms with Crippen molar-refractivity contribution in [3.63, 3.8) is 0 Å². The molecule has 15 heteroatoms. The van der Waals surface area contributed by atoms with Gasteiger partial charge in [0.15, 0.2) is 0 Å². The Morgan fingerprint density at radius 3 is 2.48 bits per heavy atom. The number of hydrogen-bond acceptors (Lipinski definition) is 8. The number of hydrogen-bond donors (Lipinski definition) is 5. The number of fused-ring (bicyclic) bond motifs is 1. The van der Waals surface area contributed by atoms with Gasteiger partial charge in [-0.2, -0.15) is 0 Å². The van der Waals surface area contributed by atoms with E-state index in [1.807, 2.05) is 60.7 Å². The third-order valence-electron chi connectivity index (χ3n) is 8.62. The van der Waals surface area contributed by atoms with Gasteiger partial charge in [-0.1, -0.05) is 48.5 Å². The Bertz CT molecular complexity index is 1540. The second-order valence-corrected chi connectivity index (χ2v) is 11.8. The lowest BCUT2D eigenvalue weighted by atomic mass is 10.1. The maximum atomic E-state index is 13.9. The molecule has 3 aromatic rings. The minimum absolute atomic E-state index is 0. The van der Waals surface area contributed by atoms with E-state index in [9.17, 15) is 24.3 Å². The van der Waals surface area contributed by atoms with E-state index in [1.54, 1.807) is 25.2 Å². The lowest BCUT2D eigenvalue weighted by molar-refractivity contribution is -0.138. The van der Waals surface area contributed by atoms with Gasteiger partial charge in [-0.05, 0) is 50.4 Å². The van der Waals surface area contributed by atoms with Gasteiger partial charge < -0.3 is 36.2 Å². The van der Waals surface area contributed by atoms with Crippen LogP contribution < -0.4 is 21.3 Å². The van der Waals surface area contributed by atoms with E-state index < -0.39 is 36.0 Å². The predicted molar refractivity (Wildman–Crippen MR) is 192 cm³/mol. The summed E-state index contributed by atoms with van der Waals surface area (Å²) in [4.78, 5) is 60.4. The van der Waals surface area contributed by atoms with Crippen LogP contribution in [0.4, 0.5) is 5.69 Å². The number of likely N-dealkylation sites (tertiary alicyclic amines) is 1. The van der Waals surface area contributed by atoms with Crippen molar-refractivity contribution in [1.29, 1.82) is 0 Å². The summed E-state index contributed by atoms with van der Waals surface area (Å²) >= 11 is 0. The number of pyridine rings is 1. The van der Waals surface area contributed by atoms with Gasteiger partial charge >= 0.3 is 0 Å². The SMILES string of the molecule is CNCC(=O)N(C)[C@H]1CN[C@H](C(=O)N2C[C@H](NC(=O)[C@H](O)CCc3ccccc3)C[C@H]2C(=O)Nc2cnc3ccccc3c2)C1.Cl.Cl.Cl. The normalized spacial score (nSPS) is 20.4. The quantitative estimate of drug-likeness (QED) is 0.201. The molecule has 4 amide bonds. The molecule has 0 spiro atoms. The number of carbonyl (C=O) groups excluding carboxylic acids is 4. The van der Waals surface area contributed by atoms with Gasteiger partial charge in [-0.3, -0.25) is 24.2 Å². The summed E-state index contributed by atoms with van der Waals surface area (Å²) in [7, 11) is 3.42. The molecule has 12 nitrogen and oxygen atoms in total. The van der Waals surface area contributed by atoms with Gasteiger partial charge in [0, 0.05) is 37.6 Å². The van der Waals surface area contributed by atoms with Crippen LogP contribution in [0.1, 0.15) is 24.8 Å². The number of likely N-dealkylation sites (N-methyl/N-ethyl adjacent to an activating group) is 2. The summed E-state index contributed by atoms with van der Waals surface area (Å²) in [5.74, 6) is -1.27. The number of anilines is 1. The molecule has 5 rings (SSSR count). The number of benzene rings is 2. The zero-order valence-electron chi connectivity index (χ0n) is 26.8. The number of aromatic nitrogens is 1. The van der Waals surface area contributed by atoms with Gasteiger partial charge in [0.05, 0.1) is 30.0 Å². The van der Waals surface area contributed by atoms with Crippen LogP contribution in [0, 0.1) is 0 Å². The van der Waals surface area contributed by atoms with Crippen LogP contribution >= 0.6 is 37.2 Å². The number of amides is 4.